The summed E-state index contributed by atoms with van der Waals surface area (Å²) in [6.07, 6.45) is -3.08. The van der Waals surface area contributed by atoms with Crippen molar-refractivity contribution < 1.29 is 27.5 Å². The highest BCUT2D eigenvalue weighted by Crippen LogP contribution is 2.56. The molecule has 3 aromatic rings. The van der Waals surface area contributed by atoms with Crippen molar-refractivity contribution in [3.63, 3.8) is 0 Å². The molecule has 1 aromatic carbocycles. The van der Waals surface area contributed by atoms with Crippen molar-refractivity contribution in [2.45, 2.75) is 50.7 Å². The summed E-state index contributed by atoms with van der Waals surface area (Å²) in [5, 5.41) is 20.0. The molecule has 0 spiro atoms. The molecule has 11 heteroatoms. The summed E-state index contributed by atoms with van der Waals surface area (Å²) in [6, 6.07) is 10.1. The molecule has 2 aliphatic rings. The Bertz CT molecular complexity index is 1310. The van der Waals surface area contributed by atoms with Gasteiger partial charge in [-0.05, 0) is 56.4 Å². The Morgan fingerprint density at radius 3 is 2.41 bits per heavy atom. The van der Waals surface area contributed by atoms with Gasteiger partial charge < -0.3 is 10.4 Å². The molecule has 7 nitrogen and oxygen atoms in total. The zero-order valence-electron chi connectivity index (χ0n) is 20.2. The average molecular weight is 518 g/mol. The van der Waals surface area contributed by atoms with Gasteiger partial charge in [-0.25, -0.2) is 9.37 Å². The normalized spacial score (nSPS) is 18.9. The van der Waals surface area contributed by atoms with Crippen LogP contribution in [0.25, 0.3) is 0 Å². The smallest absolute Gasteiger partial charge is 0.416 e. The number of carbonyl (C=O) groups is 1. The second-order valence-corrected chi connectivity index (χ2v) is 10.0. The lowest BCUT2D eigenvalue weighted by molar-refractivity contribution is -0.152. The van der Waals surface area contributed by atoms with Crippen LogP contribution in [0.1, 0.15) is 48.2 Å². The minimum Gasteiger partial charge on any atom is -0.481 e. The molecule has 5 rings (SSSR count). The average Bonchev–Trinajstić information content (AvgIpc) is 3.57. The third-order valence-corrected chi connectivity index (χ3v) is 7.62. The number of carboxylic acid groups (broad SMARTS) is 1. The number of alkyl halides is 3. The van der Waals surface area contributed by atoms with E-state index in [0.29, 0.717) is 37.6 Å². The monoisotopic (exact) mass is 517 g/mol. The molecule has 0 amide bonds. The Morgan fingerprint density at radius 2 is 1.81 bits per heavy atom. The third-order valence-electron chi connectivity index (χ3n) is 7.62. The van der Waals surface area contributed by atoms with Gasteiger partial charge in [0.05, 0.1) is 16.7 Å². The van der Waals surface area contributed by atoms with Crippen LogP contribution in [0.15, 0.2) is 42.5 Å². The summed E-state index contributed by atoms with van der Waals surface area (Å²) >= 11 is 0. The molecule has 1 aliphatic heterocycles. The van der Waals surface area contributed by atoms with E-state index in [1.807, 2.05) is 11.8 Å². The first-order chi connectivity index (χ1) is 17.5. The molecule has 37 heavy (non-hydrogen) atoms. The number of aromatic amines is 1. The molecule has 2 fully saturated rings. The van der Waals surface area contributed by atoms with Crippen LogP contribution in [0.5, 0.6) is 0 Å². The molecule has 0 atom stereocenters. The Morgan fingerprint density at radius 1 is 1.11 bits per heavy atom. The van der Waals surface area contributed by atoms with E-state index in [1.54, 1.807) is 12.1 Å². The maximum Gasteiger partial charge on any atom is 0.416 e. The van der Waals surface area contributed by atoms with Crippen LogP contribution in [0, 0.1) is 18.2 Å². The highest BCUT2D eigenvalue weighted by Gasteiger charge is 2.55. The van der Waals surface area contributed by atoms with Crippen molar-refractivity contribution in [3.8, 4) is 0 Å². The molecule has 0 radical (unpaired) electrons. The first kappa shape index (κ1) is 25.2. The van der Waals surface area contributed by atoms with Crippen molar-refractivity contribution in [3.05, 3.63) is 70.8 Å². The summed E-state index contributed by atoms with van der Waals surface area (Å²) < 4.78 is 55.8. The largest absolute Gasteiger partial charge is 0.481 e. The van der Waals surface area contributed by atoms with Gasteiger partial charge >= 0.3 is 12.1 Å². The fraction of sp³-hybridized carbons (Fsp3) is 0.423. The molecule has 3 heterocycles. The standard InChI is InChI=1S/C26H27F4N5O2/c1-16-14-22(34-33-16)32-21-7-6-19(27)20(31-21)15-24(23(36)37)10-12-35(13-11-24)25(8-9-25)17-4-2-3-5-18(17)26(28,29)30/h2-7,14H,8-13,15H2,1H3,(H,36,37)(H2,31,32,33,34). The fourth-order valence-corrected chi connectivity index (χ4v) is 5.45. The van der Waals surface area contributed by atoms with Gasteiger partial charge in [-0.3, -0.25) is 14.8 Å². The van der Waals surface area contributed by atoms with Gasteiger partial charge in [0.2, 0.25) is 0 Å². The molecule has 0 bridgehead atoms. The third kappa shape index (κ3) is 4.79. The number of rotatable bonds is 7. The number of H-pyrrole nitrogens is 1. The number of halogens is 4. The summed E-state index contributed by atoms with van der Waals surface area (Å²) in [5.41, 5.74) is -1.57. The molecule has 196 valence electrons. The van der Waals surface area contributed by atoms with Crippen molar-refractivity contribution in [2.24, 2.45) is 5.41 Å². The summed E-state index contributed by atoms with van der Waals surface area (Å²) in [4.78, 5) is 18.7. The van der Waals surface area contributed by atoms with Gasteiger partial charge in [-0.15, -0.1) is 0 Å². The lowest BCUT2D eigenvalue weighted by Crippen LogP contribution is -2.49. The number of hydrogen-bond donors (Lipinski definition) is 3. The number of anilines is 2. The van der Waals surface area contributed by atoms with E-state index in [2.05, 4.69) is 20.5 Å². The van der Waals surface area contributed by atoms with Crippen LogP contribution in [-0.2, 0) is 22.9 Å². The number of carboxylic acids is 1. The zero-order chi connectivity index (χ0) is 26.4. The Labute approximate surface area is 210 Å². The lowest BCUT2D eigenvalue weighted by atomic mass is 9.74. The van der Waals surface area contributed by atoms with E-state index in [9.17, 15) is 27.5 Å². The minimum atomic E-state index is -4.47. The molecule has 2 aromatic heterocycles. The molecule has 0 unspecified atom stereocenters. The predicted octanol–water partition coefficient (Wildman–Crippen LogP) is 5.41. The molecular weight excluding hydrogens is 490 g/mol. The van der Waals surface area contributed by atoms with Gasteiger partial charge in [0.1, 0.15) is 11.6 Å². The van der Waals surface area contributed by atoms with Crippen molar-refractivity contribution in [1.82, 2.24) is 20.1 Å². The van der Waals surface area contributed by atoms with E-state index >= 15 is 0 Å². The first-order valence-electron chi connectivity index (χ1n) is 12.1. The Balaban J connectivity index is 1.35. The second kappa shape index (κ2) is 9.13. The number of nitrogens with zero attached hydrogens (tertiary/aromatic N) is 3. The topological polar surface area (TPSA) is 94.1 Å². The molecular formula is C26H27F4N5O2. The maximum atomic E-state index is 14.7. The number of nitrogens with one attached hydrogen (secondary N) is 2. The number of hydrogen-bond acceptors (Lipinski definition) is 5. The molecule has 1 saturated carbocycles. The lowest BCUT2D eigenvalue weighted by Gasteiger charge is -2.43. The fourth-order valence-electron chi connectivity index (χ4n) is 5.45. The number of aryl methyl sites for hydroxylation is 1. The van der Waals surface area contributed by atoms with Crippen molar-refractivity contribution in [1.29, 1.82) is 0 Å². The van der Waals surface area contributed by atoms with Crippen molar-refractivity contribution >= 4 is 17.6 Å². The molecule has 1 aliphatic carbocycles. The van der Waals surface area contributed by atoms with Crippen LogP contribution in [0.3, 0.4) is 0 Å². The molecule has 3 N–H and O–H groups in total. The summed E-state index contributed by atoms with van der Waals surface area (Å²) in [5.74, 6) is -0.834. The second-order valence-electron chi connectivity index (χ2n) is 10.0. The van der Waals surface area contributed by atoms with E-state index in [1.165, 1.54) is 24.3 Å². The number of piperidine rings is 1. The quantitative estimate of drug-likeness (QED) is 0.363. The van der Waals surface area contributed by atoms with Crippen LogP contribution in [0.2, 0.25) is 0 Å². The van der Waals surface area contributed by atoms with E-state index in [0.717, 1.165) is 11.8 Å². The van der Waals surface area contributed by atoms with E-state index in [-0.39, 0.29) is 30.5 Å². The Kier molecular flexibility index (Phi) is 6.21. The SMILES string of the molecule is Cc1cc(Nc2ccc(F)c(CC3(C(=O)O)CCN(C4(c5ccccc5C(F)(F)F)CC4)CC3)n2)n[nH]1. The molecule has 1 saturated heterocycles. The highest BCUT2D eigenvalue weighted by molar-refractivity contribution is 5.75. The van der Waals surface area contributed by atoms with Crippen LogP contribution in [0.4, 0.5) is 29.2 Å². The van der Waals surface area contributed by atoms with Crippen LogP contribution in [-0.4, -0.2) is 44.2 Å². The first-order valence-corrected chi connectivity index (χ1v) is 12.1. The Hall–Kier alpha value is -3.47. The van der Waals surface area contributed by atoms with Crippen molar-refractivity contribution in [2.75, 3.05) is 18.4 Å². The number of aliphatic carboxylic acids is 1. The van der Waals surface area contributed by atoms with Crippen LogP contribution < -0.4 is 5.32 Å². The van der Waals surface area contributed by atoms with E-state index < -0.39 is 34.5 Å². The van der Waals surface area contributed by atoms with Gasteiger partial charge in [0, 0.05) is 36.8 Å². The van der Waals surface area contributed by atoms with Gasteiger partial charge in [-0.2, -0.15) is 18.3 Å². The number of aromatic nitrogens is 3. The predicted molar refractivity (Wildman–Crippen MR) is 128 cm³/mol. The van der Waals surface area contributed by atoms with Gasteiger partial charge in [-0.1, -0.05) is 18.2 Å². The van der Waals surface area contributed by atoms with Gasteiger partial charge in [0.25, 0.3) is 0 Å². The maximum absolute atomic E-state index is 14.7. The van der Waals surface area contributed by atoms with Gasteiger partial charge in [0.15, 0.2) is 5.82 Å². The number of likely N-dealkylation sites (tertiary alicyclic amines) is 1. The van der Waals surface area contributed by atoms with Crippen LogP contribution >= 0.6 is 0 Å². The number of pyridine rings is 1. The highest BCUT2D eigenvalue weighted by atomic mass is 19.4. The summed E-state index contributed by atoms with van der Waals surface area (Å²) in [7, 11) is 0. The number of benzene rings is 1. The summed E-state index contributed by atoms with van der Waals surface area (Å²) in [6.45, 7) is 2.42. The minimum absolute atomic E-state index is 0.0247. The zero-order valence-corrected chi connectivity index (χ0v) is 20.2. The van der Waals surface area contributed by atoms with E-state index in [4.69, 9.17) is 0 Å².